The summed E-state index contributed by atoms with van der Waals surface area (Å²) in [5, 5.41) is 12.4. The minimum atomic E-state index is -0.368. The fraction of sp³-hybridized carbons (Fsp3) is 0.909. The van der Waals surface area contributed by atoms with E-state index < -0.39 is 0 Å². The van der Waals surface area contributed by atoms with Crippen molar-refractivity contribution in [1.29, 1.82) is 5.26 Å². The highest BCUT2D eigenvalue weighted by Gasteiger charge is 2.23. The monoisotopic (exact) mass is 214 g/mol. The van der Waals surface area contributed by atoms with Crippen molar-refractivity contribution in [2.75, 3.05) is 11.5 Å². The third-order valence-electron chi connectivity index (χ3n) is 1.89. The van der Waals surface area contributed by atoms with E-state index in [0.717, 1.165) is 11.5 Å². The molecule has 3 heteroatoms. The molecule has 0 saturated heterocycles. The molecular weight excluding hydrogens is 192 g/mol. The van der Waals surface area contributed by atoms with Crippen LogP contribution in [0.15, 0.2) is 0 Å². The fourth-order valence-electron chi connectivity index (χ4n) is 1.27. The predicted octanol–water partition coefficient (Wildman–Crippen LogP) is 2.80. The van der Waals surface area contributed by atoms with Gasteiger partial charge in [0.15, 0.2) is 0 Å². The Hall–Kier alpha value is -0.200. The summed E-state index contributed by atoms with van der Waals surface area (Å²) < 4.78 is 0. The maximum atomic E-state index is 9.06. The van der Waals surface area contributed by atoms with Crippen LogP contribution < -0.4 is 5.32 Å². The van der Waals surface area contributed by atoms with E-state index in [1.54, 1.807) is 0 Å². The average Bonchev–Trinajstić information content (AvgIpc) is 2.11. The number of nitrogens with zero attached hydrogens (tertiary/aromatic N) is 1. The molecule has 82 valence electrons. The first-order chi connectivity index (χ1) is 6.54. The zero-order valence-electron chi connectivity index (χ0n) is 9.76. The number of hydrogen-bond acceptors (Lipinski definition) is 3. The number of hydrogen-bond donors (Lipinski definition) is 1. The van der Waals surface area contributed by atoms with E-state index in [1.165, 1.54) is 12.8 Å². The molecule has 0 bridgehead atoms. The van der Waals surface area contributed by atoms with Gasteiger partial charge in [0, 0.05) is 11.8 Å². The molecule has 0 aliphatic carbocycles. The summed E-state index contributed by atoms with van der Waals surface area (Å²) in [5.41, 5.74) is -0.368. The van der Waals surface area contributed by atoms with Crippen molar-refractivity contribution in [2.24, 2.45) is 0 Å². The van der Waals surface area contributed by atoms with Gasteiger partial charge in [-0.2, -0.15) is 17.0 Å². The molecule has 0 aromatic rings. The minimum Gasteiger partial charge on any atom is -0.297 e. The second-order valence-electron chi connectivity index (χ2n) is 4.15. The van der Waals surface area contributed by atoms with Crippen molar-refractivity contribution in [3.05, 3.63) is 0 Å². The molecule has 0 aromatic carbocycles. The lowest BCUT2D eigenvalue weighted by Gasteiger charge is -2.25. The van der Waals surface area contributed by atoms with Crippen LogP contribution in [0.25, 0.3) is 0 Å². The molecule has 0 heterocycles. The molecule has 1 unspecified atom stereocenters. The molecule has 0 saturated carbocycles. The first kappa shape index (κ1) is 13.8. The van der Waals surface area contributed by atoms with Crippen LogP contribution in [0.4, 0.5) is 0 Å². The van der Waals surface area contributed by atoms with Gasteiger partial charge in [0.1, 0.15) is 5.54 Å². The Morgan fingerprint density at radius 2 is 2.14 bits per heavy atom. The first-order valence-electron chi connectivity index (χ1n) is 5.30. The van der Waals surface area contributed by atoms with E-state index in [0.29, 0.717) is 6.04 Å². The van der Waals surface area contributed by atoms with Crippen molar-refractivity contribution >= 4 is 11.8 Å². The van der Waals surface area contributed by atoms with Gasteiger partial charge in [-0.05, 0) is 32.9 Å². The summed E-state index contributed by atoms with van der Waals surface area (Å²) in [6, 6.07) is 2.72. The fourth-order valence-corrected chi connectivity index (χ4v) is 2.46. The van der Waals surface area contributed by atoms with Crippen molar-refractivity contribution in [3.8, 4) is 6.07 Å². The third kappa shape index (κ3) is 6.28. The Kier molecular flexibility index (Phi) is 7.04. The summed E-state index contributed by atoms with van der Waals surface area (Å²) in [6.45, 7) is 8.32. The largest absolute Gasteiger partial charge is 0.297 e. The second-order valence-corrected chi connectivity index (χ2v) is 5.25. The second kappa shape index (κ2) is 7.14. The van der Waals surface area contributed by atoms with E-state index in [4.69, 9.17) is 5.26 Å². The zero-order valence-corrected chi connectivity index (χ0v) is 10.6. The highest BCUT2D eigenvalue weighted by Crippen LogP contribution is 2.14. The van der Waals surface area contributed by atoms with Crippen molar-refractivity contribution in [1.82, 2.24) is 5.32 Å². The van der Waals surface area contributed by atoms with E-state index >= 15 is 0 Å². The van der Waals surface area contributed by atoms with Crippen LogP contribution in [0, 0.1) is 11.3 Å². The van der Waals surface area contributed by atoms with Gasteiger partial charge in [-0.25, -0.2) is 0 Å². The zero-order chi connectivity index (χ0) is 11.0. The van der Waals surface area contributed by atoms with Crippen molar-refractivity contribution < 1.29 is 0 Å². The Balaban J connectivity index is 3.83. The highest BCUT2D eigenvalue weighted by molar-refractivity contribution is 7.99. The van der Waals surface area contributed by atoms with E-state index in [-0.39, 0.29) is 5.54 Å². The Morgan fingerprint density at radius 1 is 1.50 bits per heavy atom. The SMILES string of the molecule is CCCCSCC(C)(C#N)NC(C)C. The number of nitriles is 1. The average molecular weight is 214 g/mol. The van der Waals surface area contributed by atoms with Crippen LogP contribution in [0.3, 0.4) is 0 Å². The molecule has 0 aliphatic rings. The Morgan fingerprint density at radius 3 is 2.57 bits per heavy atom. The predicted molar refractivity (Wildman–Crippen MR) is 64.5 cm³/mol. The summed E-state index contributed by atoms with van der Waals surface area (Å²) in [6.07, 6.45) is 2.47. The molecule has 0 rings (SSSR count). The molecule has 0 fully saturated rings. The smallest absolute Gasteiger partial charge is 0.113 e. The van der Waals surface area contributed by atoms with Crippen LogP contribution in [-0.4, -0.2) is 23.1 Å². The van der Waals surface area contributed by atoms with Gasteiger partial charge in [0.05, 0.1) is 6.07 Å². The van der Waals surface area contributed by atoms with E-state index in [2.05, 4.69) is 32.2 Å². The van der Waals surface area contributed by atoms with Gasteiger partial charge in [-0.15, -0.1) is 0 Å². The Labute approximate surface area is 92.5 Å². The topological polar surface area (TPSA) is 35.8 Å². The number of nitrogens with one attached hydrogen (secondary N) is 1. The molecule has 1 N–H and O–H groups in total. The molecular formula is C11H22N2S. The molecule has 0 spiro atoms. The van der Waals surface area contributed by atoms with Crippen molar-refractivity contribution in [2.45, 2.75) is 52.1 Å². The maximum Gasteiger partial charge on any atom is 0.113 e. The summed E-state index contributed by atoms with van der Waals surface area (Å²) in [7, 11) is 0. The lowest BCUT2D eigenvalue weighted by atomic mass is 10.1. The standard InChI is InChI=1S/C11H22N2S/c1-5-6-7-14-9-11(4,8-12)13-10(2)3/h10,13H,5-7,9H2,1-4H3. The van der Waals surface area contributed by atoms with E-state index in [1.807, 2.05) is 18.7 Å². The van der Waals surface area contributed by atoms with Crippen LogP contribution in [-0.2, 0) is 0 Å². The number of unbranched alkanes of at least 4 members (excludes halogenated alkanes) is 1. The normalized spacial score (nSPS) is 15.1. The van der Waals surface area contributed by atoms with Gasteiger partial charge < -0.3 is 0 Å². The minimum absolute atomic E-state index is 0.367. The lowest BCUT2D eigenvalue weighted by Crippen LogP contribution is -2.47. The molecule has 0 amide bonds. The summed E-state index contributed by atoms with van der Waals surface area (Å²) in [4.78, 5) is 0. The number of thioether (sulfide) groups is 1. The van der Waals surface area contributed by atoms with Crippen molar-refractivity contribution in [3.63, 3.8) is 0 Å². The molecule has 2 nitrogen and oxygen atoms in total. The Bertz CT molecular complexity index is 186. The summed E-state index contributed by atoms with van der Waals surface area (Å²) >= 11 is 1.87. The van der Waals surface area contributed by atoms with Crippen LogP contribution >= 0.6 is 11.8 Å². The lowest BCUT2D eigenvalue weighted by molar-refractivity contribution is 0.443. The van der Waals surface area contributed by atoms with E-state index in [9.17, 15) is 0 Å². The molecule has 0 aromatic heterocycles. The van der Waals surface area contributed by atoms with Crippen LogP contribution in [0.1, 0.15) is 40.5 Å². The van der Waals surface area contributed by atoms with Gasteiger partial charge in [0.25, 0.3) is 0 Å². The molecule has 14 heavy (non-hydrogen) atoms. The maximum absolute atomic E-state index is 9.06. The quantitative estimate of drug-likeness (QED) is 0.662. The van der Waals surface area contributed by atoms with Crippen LogP contribution in [0.5, 0.6) is 0 Å². The molecule has 0 radical (unpaired) electrons. The third-order valence-corrected chi connectivity index (χ3v) is 3.25. The number of rotatable bonds is 7. The van der Waals surface area contributed by atoms with Gasteiger partial charge in [-0.1, -0.05) is 13.3 Å². The van der Waals surface area contributed by atoms with Gasteiger partial charge in [0.2, 0.25) is 0 Å². The van der Waals surface area contributed by atoms with Crippen LogP contribution in [0.2, 0.25) is 0 Å². The van der Waals surface area contributed by atoms with Gasteiger partial charge >= 0.3 is 0 Å². The van der Waals surface area contributed by atoms with Gasteiger partial charge in [-0.3, -0.25) is 5.32 Å². The highest BCUT2D eigenvalue weighted by atomic mass is 32.2. The molecule has 0 aliphatic heterocycles. The first-order valence-corrected chi connectivity index (χ1v) is 6.46. The molecule has 1 atom stereocenters. The summed E-state index contributed by atoms with van der Waals surface area (Å²) in [5.74, 6) is 2.04.